The number of rotatable bonds is 2. The molecule has 0 fully saturated rings. The molecule has 1 aromatic carbocycles. The highest BCUT2D eigenvalue weighted by atomic mass is 35.5. The Morgan fingerprint density at radius 2 is 2.00 bits per heavy atom. The third-order valence-corrected chi connectivity index (χ3v) is 2.08. The average molecular weight is 241 g/mol. The van der Waals surface area contributed by atoms with Gasteiger partial charge in [0, 0.05) is 0 Å². The van der Waals surface area contributed by atoms with Crippen LogP contribution in [0, 0.1) is 0 Å². The highest BCUT2D eigenvalue weighted by Gasteiger charge is 2.35. The Morgan fingerprint density at radius 1 is 1.40 bits per heavy atom. The number of methoxy groups -OCH3 is 1. The minimum Gasteiger partial charge on any atom is -0.495 e. The molecule has 0 heterocycles. The number of alkyl halides is 3. The van der Waals surface area contributed by atoms with E-state index in [1.54, 1.807) is 0 Å². The van der Waals surface area contributed by atoms with Crippen LogP contribution in [0.3, 0.4) is 0 Å². The van der Waals surface area contributed by atoms with Crippen LogP contribution < -0.4 is 4.74 Å². The Morgan fingerprint density at radius 3 is 2.40 bits per heavy atom. The molecule has 6 heteroatoms. The lowest BCUT2D eigenvalue weighted by Gasteiger charge is -2.14. The highest BCUT2D eigenvalue weighted by Crippen LogP contribution is 2.40. The largest absolute Gasteiger partial charge is 0.495 e. The van der Waals surface area contributed by atoms with Gasteiger partial charge in [0.05, 0.1) is 24.3 Å². The van der Waals surface area contributed by atoms with E-state index >= 15 is 0 Å². The van der Waals surface area contributed by atoms with Crippen molar-refractivity contribution < 1.29 is 23.0 Å². The van der Waals surface area contributed by atoms with E-state index in [-0.39, 0.29) is 10.6 Å². The lowest BCUT2D eigenvalue weighted by molar-refractivity contribution is -0.138. The molecule has 0 unspecified atom stereocenters. The summed E-state index contributed by atoms with van der Waals surface area (Å²) in [5.74, 6) is -0.429. The van der Waals surface area contributed by atoms with Gasteiger partial charge in [-0.1, -0.05) is 11.6 Å². The topological polar surface area (TPSA) is 29.5 Å². The molecule has 0 bridgehead atoms. The number of aliphatic hydroxyl groups excluding tert-OH is 1. The second kappa shape index (κ2) is 4.28. The summed E-state index contributed by atoms with van der Waals surface area (Å²) in [4.78, 5) is 0. The van der Waals surface area contributed by atoms with Gasteiger partial charge in [-0.15, -0.1) is 0 Å². The van der Waals surface area contributed by atoms with Crippen LogP contribution in [0.4, 0.5) is 13.2 Å². The number of ether oxygens (including phenoxy) is 1. The maximum Gasteiger partial charge on any atom is 0.420 e. The molecule has 0 aromatic heterocycles. The number of aliphatic hydroxyl groups is 1. The first kappa shape index (κ1) is 12.1. The third-order valence-electron chi connectivity index (χ3n) is 1.80. The summed E-state index contributed by atoms with van der Waals surface area (Å²) in [6.07, 6.45) is -4.56. The van der Waals surface area contributed by atoms with Gasteiger partial charge < -0.3 is 9.84 Å². The minimum atomic E-state index is -4.56. The Labute approximate surface area is 89.2 Å². The molecule has 1 N–H and O–H groups in total. The molecule has 1 rings (SSSR count). The van der Waals surface area contributed by atoms with Crippen molar-refractivity contribution >= 4 is 11.6 Å². The molecule has 0 saturated heterocycles. The predicted molar refractivity (Wildman–Crippen MR) is 48.9 cm³/mol. The van der Waals surface area contributed by atoms with Gasteiger partial charge in [-0.3, -0.25) is 0 Å². The van der Waals surface area contributed by atoms with Crippen molar-refractivity contribution in [2.45, 2.75) is 12.8 Å². The fourth-order valence-electron chi connectivity index (χ4n) is 1.16. The predicted octanol–water partition coefficient (Wildman–Crippen LogP) is 2.86. The molecule has 0 aliphatic heterocycles. The van der Waals surface area contributed by atoms with Crippen molar-refractivity contribution in [2.75, 3.05) is 7.11 Å². The first-order chi connectivity index (χ1) is 6.90. The van der Waals surface area contributed by atoms with Gasteiger partial charge in [0.2, 0.25) is 0 Å². The van der Waals surface area contributed by atoms with Crippen molar-refractivity contribution in [1.29, 1.82) is 0 Å². The molecular weight excluding hydrogens is 233 g/mol. The quantitative estimate of drug-likeness (QED) is 0.861. The van der Waals surface area contributed by atoms with Gasteiger partial charge in [0.1, 0.15) is 5.75 Å². The maximum atomic E-state index is 12.5. The summed E-state index contributed by atoms with van der Waals surface area (Å²) in [5.41, 5.74) is -0.894. The van der Waals surface area contributed by atoms with Crippen LogP contribution in [0.15, 0.2) is 12.1 Å². The highest BCUT2D eigenvalue weighted by molar-refractivity contribution is 6.32. The van der Waals surface area contributed by atoms with E-state index in [0.29, 0.717) is 0 Å². The zero-order valence-corrected chi connectivity index (χ0v) is 8.49. The average Bonchev–Trinajstić information content (AvgIpc) is 2.15. The van der Waals surface area contributed by atoms with Gasteiger partial charge in [0.25, 0.3) is 0 Å². The van der Waals surface area contributed by atoms with Crippen LogP contribution >= 0.6 is 11.6 Å². The summed E-state index contributed by atoms with van der Waals surface area (Å²) in [6, 6.07) is 2.04. The van der Waals surface area contributed by atoms with E-state index in [4.69, 9.17) is 16.7 Å². The zero-order valence-electron chi connectivity index (χ0n) is 7.73. The van der Waals surface area contributed by atoms with Crippen LogP contribution in [-0.2, 0) is 12.8 Å². The number of hydrogen-bond donors (Lipinski definition) is 1. The molecule has 0 atom stereocenters. The Balaban J connectivity index is 3.39. The fraction of sp³-hybridized carbons (Fsp3) is 0.333. The molecule has 84 valence electrons. The van der Waals surface area contributed by atoms with Crippen molar-refractivity contribution in [3.05, 3.63) is 28.3 Å². The zero-order chi connectivity index (χ0) is 11.6. The smallest absolute Gasteiger partial charge is 0.420 e. The second-order valence-corrected chi connectivity index (χ2v) is 3.22. The van der Waals surface area contributed by atoms with Gasteiger partial charge in [-0.25, -0.2) is 0 Å². The van der Waals surface area contributed by atoms with Crippen LogP contribution in [-0.4, -0.2) is 12.2 Å². The molecule has 0 aliphatic carbocycles. The van der Waals surface area contributed by atoms with Gasteiger partial charge in [-0.2, -0.15) is 13.2 Å². The first-order valence-corrected chi connectivity index (χ1v) is 4.32. The minimum absolute atomic E-state index is 0.0909. The van der Waals surface area contributed by atoms with Crippen LogP contribution in [0.1, 0.15) is 11.1 Å². The maximum absolute atomic E-state index is 12.5. The monoisotopic (exact) mass is 240 g/mol. The van der Waals surface area contributed by atoms with Crippen LogP contribution in [0.2, 0.25) is 5.02 Å². The molecule has 0 aliphatic rings. The molecule has 0 saturated carbocycles. The van der Waals surface area contributed by atoms with E-state index in [2.05, 4.69) is 4.74 Å². The van der Waals surface area contributed by atoms with Gasteiger partial charge in [-0.05, 0) is 17.7 Å². The molecule has 2 nitrogen and oxygen atoms in total. The summed E-state index contributed by atoms with van der Waals surface area (Å²) in [6.45, 7) is -0.507. The lowest BCUT2D eigenvalue weighted by Crippen LogP contribution is -2.08. The van der Waals surface area contributed by atoms with E-state index in [0.717, 1.165) is 13.2 Å². The third kappa shape index (κ3) is 2.54. The van der Waals surface area contributed by atoms with Crippen molar-refractivity contribution in [3.8, 4) is 5.75 Å². The first-order valence-electron chi connectivity index (χ1n) is 3.94. The van der Waals surface area contributed by atoms with Crippen molar-refractivity contribution in [1.82, 2.24) is 0 Å². The second-order valence-electron chi connectivity index (χ2n) is 2.81. The molecule has 0 spiro atoms. The normalized spacial score (nSPS) is 11.6. The number of benzene rings is 1. The number of halogens is 4. The Kier molecular flexibility index (Phi) is 3.46. The SMILES string of the molecule is COc1c(Cl)cc(CO)cc1C(F)(F)F. The summed E-state index contributed by atoms with van der Waals surface area (Å²) < 4.78 is 42.1. The van der Waals surface area contributed by atoms with Gasteiger partial charge in [0.15, 0.2) is 0 Å². The molecule has 1 aromatic rings. The van der Waals surface area contributed by atoms with E-state index in [9.17, 15) is 13.2 Å². The molecular formula is C9H8ClF3O2. The van der Waals surface area contributed by atoms with Crippen molar-refractivity contribution in [2.24, 2.45) is 0 Å². The molecule has 15 heavy (non-hydrogen) atoms. The van der Waals surface area contributed by atoms with Gasteiger partial charge >= 0.3 is 6.18 Å². The lowest BCUT2D eigenvalue weighted by atomic mass is 10.1. The number of hydrogen-bond acceptors (Lipinski definition) is 2. The van der Waals surface area contributed by atoms with E-state index in [1.807, 2.05) is 0 Å². The van der Waals surface area contributed by atoms with E-state index in [1.165, 1.54) is 6.07 Å². The van der Waals surface area contributed by atoms with Crippen LogP contribution in [0.25, 0.3) is 0 Å². The standard InChI is InChI=1S/C9H8ClF3O2/c1-15-8-6(9(11,12)13)2-5(4-14)3-7(8)10/h2-3,14H,4H2,1H3. The summed E-state index contributed by atoms with van der Waals surface area (Å²) >= 11 is 5.58. The molecule has 0 amide bonds. The van der Waals surface area contributed by atoms with Crippen molar-refractivity contribution in [3.63, 3.8) is 0 Å². The van der Waals surface area contributed by atoms with Crippen LogP contribution in [0.5, 0.6) is 5.75 Å². The summed E-state index contributed by atoms with van der Waals surface area (Å²) in [7, 11) is 1.11. The van der Waals surface area contributed by atoms with E-state index < -0.39 is 24.1 Å². The Bertz CT molecular complexity index is 363. The Hall–Kier alpha value is -0.940. The molecule has 0 radical (unpaired) electrons. The summed E-state index contributed by atoms with van der Waals surface area (Å²) in [5, 5.41) is 8.58. The fourth-order valence-corrected chi connectivity index (χ4v) is 1.48.